The smallest absolute Gasteiger partial charge is 0.449 e. The maximum Gasteiger partial charge on any atom is 0.453 e. The van der Waals surface area contributed by atoms with Gasteiger partial charge in [-0.25, -0.2) is 4.79 Å². The van der Waals surface area contributed by atoms with Gasteiger partial charge in [-0.3, -0.25) is 4.79 Å². The number of hydrogen-bond donors (Lipinski definition) is 0. The number of rotatable bonds is 4. The Morgan fingerprint density at radius 2 is 1.56 bits per heavy atom. The van der Waals surface area contributed by atoms with E-state index in [1.807, 2.05) is 20.8 Å². The van der Waals surface area contributed by atoms with E-state index < -0.39 is 34.7 Å². The van der Waals surface area contributed by atoms with Crippen molar-refractivity contribution in [2.75, 3.05) is 0 Å². The first-order valence-electron chi connectivity index (χ1n) is 10.8. The molecule has 0 unspecified atom stereocenters. The van der Waals surface area contributed by atoms with E-state index in [-0.39, 0.29) is 32.9 Å². The molecule has 0 bridgehead atoms. The van der Waals surface area contributed by atoms with E-state index in [0.29, 0.717) is 0 Å². The Morgan fingerprint density at radius 1 is 0.917 bits per heavy atom. The molecule has 4 aromatic rings. The lowest BCUT2D eigenvalue weighted by Gasteiger charge is -2.19. The molecule has 0 spiro atoms. The van der Waals surface area contributed by atoms with Gasteiger partial charge in [0, 0.05) is 6.07 Å². The summed E-state index contributed by atoms with van der Waals surface area (Å²) in [4.78, 5) is 25.4. The van der Waals surface area contributed by atoms with Gasteiger partial charge in [-0.2, -0.15) is 13.2 Å². The minimum atomic E-state index is -5.03. The molecule has 0 aliphatic carbocycles. The number of halogens is 4. The van der Waals surface area contributed by atoms with Gasteiger partial charge in [0.05, 0.1) is 16.0 Å². The molecule has 0 N–H and O–H groups in total. The second-order valence-electron chi connectivity index (χ2n) is 8.99. The maximum atomic E-state index is 13.8. The Morgan fingerprint density at radius 3 is 2.17 bits per heavy atom. The van der Waals surface area contributed by atoms with Crippen LogP contribution in [-0.4, -0.2) is 5.97 Å². The Labute approximate surface area is 209 Å². The third-order valence-corrected chi connectivity index (χ3v) is 5.65. The lowest BCUT2D eigenvalue weighted by Crippen LogP contribution is -2.16. The molecule has 3 aromatic carbocycles. The number of ether oxygens (including phenoxy) is 2. The van der Waals surface area contributed by atoms with Crippen LogP contribution in [-0.2, 0) is 11.6 Å². The summed E-state index contributed by atoms with van der Waals surface area (Å²) < 4.78 is 57.2. The Hall–Kier alpha value is -3.78. The number of alkyl halides is 3. The zero-order chi connectivity index (χ0) is 26.3. The molecule has 1 heterocycles. The molecule has 5 nitrogen and oxygen atoms in total. The molecular weight excluding hydrogens is 497 g/mol. The van der Waals surface area contributed by atoms with Crippen molar-refractivity contribution in [1.82, 2.24) is 0 Å². The standard InChI is InChI=1S/C27H20ClF3O5/c1-26(2,3)15-8-10-16(11-9-15)34-23-22(32)19-13-12-17(14-21(19)36-24(23)27(29,30)31)35-25(33)18-6-4-5-7-20(18)28/h4-14H,1-3H3. The second kappa shape index (κ2) is 9.35. The molecule has 0 fully saturated rings. The van der Waals surface area contributed by atoms with Crippen LogP contribution in [0.5, 0.6) is 17.2 Å². The SMILES string of the molecule is CC(C)(C)c1ccc(Oc2c(C(F)(F)F)oc3cc(OC(=O)c4ccccc4Cl)ccc3c2=O)cc1. The molecule has 9 heteroatoms. The molecule has 0 radical (unpaired) electrons. The predicted molar refractivity (Wildman–Crippen MR) is 129 cm³/mol. The fraction of sp³-hybridized carbons (Fsp3) is 0.185. The molecule has 186 valence electrons. The summed E-state index contributed by atoms with van der Waals surface area (Å²) in [6.07, 6.45) is -5.03. The van der Waals surface area contributed by atoms with Gasteiger partial charge in [0.15, 0.2) is 0 Å². The fourth-order valence-corrected chi connectivity index (χ4v) is 3.64. The average Bonchev–Trinajstić information content (AvgIpc) is 2.80. The third-order valence-electron chi connectivity index (χ3n) is 5.32. The van der Waals surface area contributed by atoms with E-state index in [1.165, 1.54) is 36.4 Å². The van der Waals surface area contributed by atoms with E-state index in [4.69, 9.17) is 25.5 Å². The summed E-state index contributed by atoms with van der Waals surface area (Å²) in [6, 6.07) is 16.0. The summed E-state index contributed by atoms with van der Waals surface area (Å²) in [5, 5.41) is -0.0339. The highest BCUT2D eigenvalue weighted by Gasteiger charge is 2.40. The van der Waals surface area contributed by atoms with E-state index in [2.05, 4.69) is 0 Å². The van der Waals surface area contributed by atoms with Crippen molar-refractivity contribution in [1.29, 1.82) is 0 Å². The highest BCUT2D eigenvalue weighted by atomic mass is 35.5. The van der Waals surface area contributed by atoms with Crippen LogP contribution in [0.4, 0.5) is 13.2 Å². The van der Waals surface area contributed by atoms with Crippen LogP contribution in [0.25, 0.3) is 11.0 Å². The van der Waals surface area contributed by atoms with E-state index in [0.717, 1.165) is 11.6 Å². The third kappa shape index (κ3) is 5.23. The van der Waals surface area contributed by atoms with Crippen molar-refractivity contribution in [3.8, 4) is 17.2 Å². The number of carbonyl (C=O) groups is 1. The van der Waals surface area contributed by atoms with Gasteiger partial charge in [-0.05, 0) is 47.4 Å². The van der Waals surface area contributed by atoms with Crippen molar-refractivity contribution in [2.24, 2.45) is 0 Å². The largest absolute Gasteiger partial charge is 0.453 e. The monoisotopic (exact) mass is 516 g/mol. The number of benzene rings is 3. The Balaban J connectivity index is 1.73. The minimum Gasteiger partial charge on any atom is -0.449 e. The van der Waals surface area contributed by atoms with Crippen LogP contribution in [0.2, 0.25) is 5.02 Å². The maximum absolute atomic E-state index is 13.8. The molecule has 0 aliphatic rings. The van der Waals surface area contributed by atoms with Crippen LogP contribution in [0, 0.1) is 0 Å². The van der Waals surface area contributed by atoms with Crippen LogP contribution in [0.3, 0.4) is 0 Å². The van der Waals surface area contributed by atoms with Crippen molar-refractivity contribution in [3.63, 3.8) is 0 Å². The van der Waals surface area contributed by atoms with Gasteiger partial charge in [0.2, 0.25) is 11.2 Å². The molecular formula is C27H20ClF3O5. The van der Waals surface area contributed by atoms with Gasteiger partial charge in [-0.1, -0.05) is 56.6 Å². The van der Waals surface area contributed by atoms with Crippen molar-refractivity contribution >= 4 is 28.5 Å². The topological polar surface area (TPSA) is 65.7 Å². The van der Waals surface area contributed by atoms with Crippen molar-refractivity contribution < 1.29 is 31.9 Å². The predicted octanol–water partition coefficient (Wildman–Crippen LogP) is 7.77. The van der Waals surface area contributed by atoms with Gasteiger partial charge >= 0.3 is 12.1 Å². The zero-order valence-corrected chi connectivity index (χ0v) is 20.2. The normalized spacial score (nSPS) is 12.0. The van der Waals surface area contributed by atoms with Gasteiger partial charge in [0.25, 0.3) is 5.76 Å². The summed E-state index contributed by atoms with van der Waals surface area (Å²) in [7, 11) is 0. The van der Waals surface area contributed by atoms with Crippen LogP contribution >= 0.6 is 11.6 Å². The van der Waals surface area contributed by atoms with E-state index in [9.17, 15) is 22.8 Å². The number of hydrogen-bond acceptors (Lipinski definition) is 5. The van der Waals surface area contributed by atoms with Crippen LogP contribution < -0.4 is 14.9 Å². The lowest BCUT2D eigenvalue weighted by molar-refractivity contribution is -0.154. The number of esters is 1. The van der Waals surface area contributed by atoms with Gasteiger partial charge in [0.1, 0.15) is 17.1 Å². The first-order valence-corrected chi connectivity index (χ1v) is 11.2. The molecule has 4 rings (SSSR count). The summed E-state index contributed by atoms with van der Waals surface area (Å²) in [5.74, 6) is -3.49. The molecule has 0 saturated heterocycles. The van der Waals surface area contributed by atoms with Crippen LogP contribution in [0.1, 0.15) is 42.5 Å². The van der Waals surface area contributed by atoms with Gasteiger partial charge in [-0.15, -0.1) is 0 Å². The highest BCUT2D eigenvalue weighted by Crippen LogP contribution is 2.39. The molecule has 36 heavy (non-hydrogen) atoms. The Bertz CT molecular complexity index is 1500. The molecule has 0 aliphatic heterocycles. The van der Waals surface area contributed by atoms with E-state index in [1.54, 1.807) is 24.3 Å². The van der Waals surface area contributed by atoms with Crippen molar-refractivity contribution in [3.05, 3.63) is 98.9 Å². The summed E-state index contributed by atoms with van der Waals surface area (Å²) in [5.41, 5.74) is -0.613. The summed E-state index contributed by atoms with van der Waals surface area (Å²) >= 11 is 5.99. The van der Waals surface area contributed by atoms with Gasteiger partial charge < -0.3 is 13.9 Å². The number of carbonyl (C=O) groups excluding carboxylic acids is 1. The fourth-order valence-electron chi connectivity index (χ4n) is 3.43. The molecule has 0 atom stereocenters. The van der Waals surface area contributed by atoms with Crippen LogP contribution in [0.15, 0.2) is 75.9 Å². The quantitative estimate of drug-likeness (QED) is 0.205. The second-order valence-corrected chi connectivity index (χ2v) is 9.40. The lowest BCUT2D eigenvalue weighted by atomic mass is 9.87. The van der Waals surface area contributed by atoms with Crippen molar-refractivity contribution in [2.45, 2.75) is 32.4 Å². The molecule has 1 aromatic heterocycles. The molecule has 0 saturated carbocycles. The zero-order valence-electron chi connectivity index (χ0n) is 19.4. The average molecular weight is 517 g/mol. The number of fused-ring (bicyclic) bond motifs is 1. The first kappa shape index (κ1) is 25.3. The van der Waals surface area contributed by atoms with E-state index >= 15 is 0 Å². The highest BCUT2D eigenvalue weighted by molar-refractivity contribution is 6.33. The first-order chi connectivity index (χ1) is 16.8. The molecule has 0 amide bonds. The summed E-state index contributed by atoms with van der Waals surface area (Å²) in [6.45, 7) is 5.97. The Kier molecular flexibility index (Phi) is 6.58. The minimum absolute atomic E-state index is 0.0467.